The molecule has 0 aliphatic heterocycles. The van der Waals surface area contributed by atoms with Gasteiger partial charge in [0.2, 0.25) is 0 Å². The zero-order valence-corrected chi connectivity index (χ0v) is 12.6. The summed E-state index contributed by atoms with van der Waals surface area (Å²) in [5.41, 5.74) is 3.34. The normalized spacial score (nSPS) is 14.4. The summed E-state index contributed by atoms with van der Waals surface area (Å²) in [4.78, 5) is 12.1. The number of hydrogen-bond donors (Lipinski definition) is 0. The van der Waals surface area contributed by atoms with Crippen molar-refractivity contribution < 1.29 is 4.79 Å². The Labute approximate surface area is 127 Å². The summed E-state index contributed by atoms with van der Waals surface area (Å²) in [6, 6.07) is 5.46. The Hall–Kier alpha value is -1.32. The predicted octanol–water partition coefficient (Wildman–Crippen LogP) is 4.26. The van der Waals surface area contributed by atoms with E-state index in [4.69, 9.17) is 23.2 Å². The average molecular weight is 309 g/mol. The summed E-state index contributed by atoms with van der Waals surface area (Å²) in [5, 5.41) is 5.55. The van der Waals surface area contributed by atoms with Gasteiger partial charge in [0.15, 0.2) is 5.78 Å². The molecule has 0 atom stereocenters. The molecule has 104 valence electrons. The minimum atomic E-state index is 0.188. The van der Waals surface area contributed by atoms with Crippen molar-refractivity contribution in [3.8, 4) is 5.69 Å². The van der Waals surface area contributed by atoms with Gasteiger partial charge in [0.05, 0.1) is 32.7 Å². The average Bonchev–Trinajstić information content (AvgIpc) is 2.82. The molecule has 0 saturated heterocycles. The van der Waals surface area contributed by atoms with Crippen LogP contribution in [0.2, 0.25) is 10.0 Å². The van der Waals surface area contributed by atoms with Crippen LogP contribution in [0.25, 0.3) is 5.69 Å². The molecular formula is C15H14Cl2N2O. The Kier molecular flexibility index (Phi) is 3.57. The summed E-state index contributed by atoms with van der Waals surface area (Å²) in [6.07, 6.45) is 3.05. The fourth-order valence-corrected chi connectivity index (χ4v) is 3.08. The van der Waals surface area contributed by atoms with E-state index < -0.39 is 0 Å². The van der Waals surface area contributed by atoms with Crippen molar-refractivity contribution in [2.24, 2.45) is 0 Å². The maximum absolute atomic E-state index is 12.1. The van der Waals surface area contributed by atoms with Gasteiger partial charge in [-0.25, -0.2) is 4.68 Å². The van der Waals surface area contributed by atoms with Gasteiger partial charge in [0.25, 0.3) is 0 Å². The van der Waals surface area contributed by atoms with Crippen LogP contribution in [-0.4, -0.2) is 15.6 Å². The number of aryl methyl sites for hydroxylation is 1. The summed E-state index contributed by atoms with van der Waals surface area (Å²) in [5.74, 6) is 0.188. The van der Waals surface area contributed by atoms with Gasteiger partial charge in [-0.2, -0.15) is 5.10 Å². The van der Waals surface area contributed by atoms with Crippen LogP contribution in [0.5, 0.6) is 0 Å². The second-order valence-corrected chi connectivity index (χ2v) is 5.67. The van der Waals surface area contributed by atoms with Gasteiger partial charge in [-0.05, 0) is 31.4 Å². The molecule has 5 heteroatoms. The molecule has 0 spiro atoms. The summed E-state index contributed by atoms with van der Waals surface area (Å²) in [6.45, 7) is 2.01. The number of fused-ring (bicyclic) bond motifs is 1. The number of benzene rings is 1. The Balaban J connectivity index is 2.25. The second-order valence-electron chi connectivity index (χ2n) is 4.88. The number of hydrogen-bond acceptors (Lipinski definition) is 2. The lowest BCUT2D eigenvalue weighted by Gasteiger charge is -2.14. The third-order valence-corrected chi connectivity index (χ3v) is 4.45. The van der Waals surface area contributed by atoms with Gasteiger partial charge in [-0.3, -0.25) is 4.79 Å². The summed E-state index contributed by atoms with van der Waals surface area (Å²) >= 11 is 12.4. The molecule has 1 aliphatic rings. The molecule has 0 unspecified atom stereocenters. The third-order valence-electron chi connectivity index (χ3n) is 3.64. The lowest BCUT2D eigenvalue weighted by atomic mass is 9.93. The molecule has 1 aromatic heterocycles. The van der Waals surface area contributed by atoms with Crippen molar-refractivity contribution in [3.63, 3.8) is 0 Å². The Morgan fingerprint density at radius 3 is 2.85 bits per heavy atom. The first-order valence-corrected chi connectivity index (χ1v) is 7.47. The highest BCUT2D eigenvalue weighted by Gasteiger charge is 2.27. The molecule has 2 aromatic rings. The van der Waals surface area contributed by atoms with Crippen molar-refractivity contribution in [2.75, 3.05) is 0 Å². The van der Waals surface area contributed by atoms with E-state index in [1.807, 2.05) is 19.1 Å². The minimum absolute atomic E-state index is 0.188. The van der Waals surface area contributed by atoms with E-state index in [0.29, 0.717) is 16.5 Å². The highest BCUT2D eigenvalue weighted by atomic mass is 35.5. The van der Waals surface area contributed by atoms with Crippen LogP contribution in [0.4, 0.5) is 0 Å². The van der Waals surface area contributed by atoms with Crippen LogP contribution in [-0.2, 0) is 12.8 Å². The molecule has 1 aliphatic carbocycles. The zero-order valence-electron chi connectivity index (χ0n) is 11.1. The SMILES string of the molecule is CCc1nn(-c2cccc(Cl)c2Cl)c2c1C(=O)CCC2. The number of carbonyl (C=O) groups excluding carboxylic acids is 1. The smallest absolute Gasteiger partial charge is 0.166 e. The van der Waals surface area contributed by atoms with Gasteiger partial charge in [-0.15, -0.1) is 0 Å². The predicted molar refractivity (Wildman–Crippen MR) is 80.2 cm³/mol. The third kappa shape index (κ3) is 2.05. The van der Waals surface area contributed by atoms with Crippen LogP contribution in [0.3, 0.4) is 0 Å². The van der Waals surface area contributed by atoms with E-state index in [2.05, 4.69) is 5.10 Å². The quantitative estimate of drug-likeness (QED) is 0.831. The first-order valence-electron chi connectivity index (χ1n) is 6.71. The molecular weight excluding hydrogens is 295 g/mol. The highest BCUT2D eigenvalue weighted by Crippen LogP contribution is 2.32. The first-order chi connectivity index (χ1) is 9.63. The second kappa shape index (κ2) is 5.23. The molecule has 0 amide bonds. The number of nitrogens with zero attached hydrogens (tertiary/aromatic N) is 2. The van der Waals surface area contributed by atoms with E-state index >= 15 is 0 Å². The molecule has 0 fully saturated rings. The molecule has 0 N–H and O–H groups in total. The van der Waals surface area contributed by atoms with Crippen molar-refractivity contribution in [1.29, 1.82) is 0 Å². The Morgan fingerprint density at radius 2 is 2.10 bits per heavy atom. The standard InChI is InChI=1S/C15H14Cl2N2O/c1-2-10-14-11(6-4-8-13(14)20)19(18-10)12-7-3-5-9(16)15(12)17/h3,5,7H,2,4,6,8H2,1H3. The Morgan fingerprint density at radius 1 is 1.30 bits per heavy atom. The zero-order chi connectivity index (χ0) is 14.3. The number of ketones is 1. The molecule has 20 heavy (non-hydrogen) atoms. The van der Waals surface area contributed by atoms with E-state index in [1.54, 1.807) is 10.7 Å². The number of aromatic nitrogens is 2. The Bertz CT molecular complexity index is 691. The van der Waals surface area contributed by atoms with E-state index in [9.17, 15) is 4.79 Å². The van der Waals surface area contributed by atoms with Gasteiger partial charge in [0, 0.05) is 6.42 Å². The van der Waals surface area contributed by atoms with Crippen LogP contribution >= 0.6 is 23.2 Å². The van der Waals surface area contributed by atoms with Crippen LogP contribution in [0.1, 0.15) is 41.5 Å². The number of carbonyl (C=O) groups is 1. The molecule has 0 radical (unpaired) electrons. The van der Waals surface area contributed by atoms with Crippen molar-refractivity contribution in [2.45, 2.75) is 32.6 Å². The van der Waals surface area contributed by atoms with Gasteiger partial charge in [0.1, 0.15) is 0 Å². The molecule has 0 saturated carbocycles. The molecule has 3 rings (SSSR count). The summed E-state index contributed by atoms with van der Waals surface area (Å²) in [7, 11) is 0. The van der Waals surface area contributed by atoms with Crippen LogP contribution < -0.4 is 0 Å². The maximum Gasteiger partial charge on any atom is 0.166 e. The van der Waals surface area contributed by atoms with Gasteiger partial charge >= 0.3 is 0 Å². The van der Waals surface area contributed by atoms with Crippen molar-refractivity contribution in [3.05, 3.63) is 45.2 Å². The topological polar surface area (TPSA) is 34.9 Å². The fraction of sp³-hybridized carbons (Fsp3) is 0.333. The molecule has 0 bridgehead atoms. The van der Waals surface area contributed by atoms with E-state index in [-0.39, 0.29) is 5.78 Å². The molecule has 1 aromatic carbocycles. The van der Waals surface area contributed by atoms with Crippen molar-refractivity contribution in [1.82, 2.24) is 9.78 Å². The van der Waals surface area contributed by atoms with Crippen LogP contribution in [0, 0.1) is 0 Å². The lowest BCUT2D eigenvalue weighted by molar-refractivity contribution is 0.0971. The monoisotopic (exact) mass is 308 g/mol. The first kappa shape index (κ1) is 13.7. The molecule has 1 heterocycles. The summed E-state index contributed by atoms with van der Waals surface area (Å²) < 4.78 is 1.79. The van der Waals surface area contributed by atoms with Crippen LogP contribution in [0.15, 0.2) is 18.2 Å². The number of halogens is 2. The minimum Gasteiger partial charge on any atom is -0.294 e. The molecule has 3 nitrogen and oxygen atoms in total. The van der Waals surface area contributed by atoms with Crippen molar-refractivity contribution >= 4 is 29.0 Å². The maximum atomic E-state index is 12.1. The largest absolute Gasteiger partial charge is 0.294 e. The van der Waals surface area contributed by atoms with Gasteiger partial charge < -0.3 is 0 Å². The van der Waals surface area contributed by atoms with E-state index in [1.165, 1.54) is 0 Å². The number of rotatable bonds is 2. The highest BCUT2D eigenvalue weighted by molar-refractivity contribution is 6.43. The lowest BCUT2D eigenvalue weighted by Crippen LogP contribution is -2.13. The fourth-order valence-electron chi connectivity index (χ4n) is 2.70. The van der Waals surface area contributed by atoms with E-state index in [0.717, 1.165) is 41.9 Å². The van der Waals surface area contributed by atoms with Gasteiger partial charge in [-0.1, -0.05) is 36.2 Å². The number of Topliss-reactive ketones (excluding diaryl/α,β-unsaturated/α-hetero) is 1.